The van der Waals surface area contributed by atoms with Crippen molar-refractivity contribution in [3.8, 4) is 0 Å². The molecule has 0 aliphatic heterocycles. The molecular weight excluding hydrogens is 327 g/mol. The smallest absolute Gasteiger partial charge is 0.410 e. The number of halogens is 3. The van der Waals surface area contributed by atoms with Gasteiger partial charge in [0.05, 0.1) is 0 Å². The fourth-order valence-corrected chi connectivity index (χ4v) is 1.71. The first-order chi connectivity index (χ1) is 10.1. The van der Waals surface area contributed by atoms with Gasteiger partial charge < -0.3 is 20.1 Å². The molecule has 0 radical (unpaired) electrons. The summed E-state index contributed by atoms with van der Waals surface area (Å²) in [6.07, 6.45) is -9.70. The quantitative estimate of drug-likeness (QED) is 0.677. The Bertz CT molecular complexity index is 472. The maximum Gasteiger partial charge on any atom is 0.410 e. The van der Waals surface area contributed by atoms with Gasteiger partial charge in [-0.25, -0.2) is 9.59 Å². The number of carbonyl (C=O) groups is 3. The van der Waals surface area contributed by atoms with Crippen molar-refractivity contribution >= 4 is 18.0 Å². The van der Waals surface area contributed by atoms with E-state index in [9.17, 15) is 32.7 Å². The Labute approximate surface area is 129 Å². The zero-order valence-corrected chi connectivity index (χ0v) is 12.8. The zero-order valence-electron chi connectivity index (χ0n) is 12.8. The third-order valence-corrected chi connectivity index (χ3v) is 2.65. The maximum atomic E-state index is 13.2. The molecule has 0 heterocycles. The minimum atomic E-state index is -5.31. The van der Waals surface area contributed by atoms with Crippen LogP contribution < -0.4 is 0 Å². The minimum Gasteiger partial charge on any atom is -0.481 e. The molecule has 0 saturated heterocycles. The summed E-state index contributed by atoms with van der Waals surface area (Å²) in [5.74, 6) is -7.22. The van der Waals surface area contributed by atoms with Gasteiger partial charge in [-0.05, 0) is 20.8 Å². The van der Waals surface area contributed by atoms with Gasteiger partial charge in [-0.15, -0.1) is 0 Å². The summed E-state index contributed by atoms with van der Waals surface area (Å²) < 4.78 is 44.3. The molecule has 3 N–H and O–H groups in total. The monoisotopic (exact) mass is 345 g/mol. The van der Waals surface area contributed by atoms with Gasteiger partial charge in [-0.1, -0.05) is 0 Å². The van der Waals surface area contributed by atoms with E-state index in [1.807, 2.05) is 0 Å². The van der Waals surface area contributed by atoms with Gasteiger partial charge in [0.2, 0.25) is 0 Å². The first-order valence-electron chi connectivity index (χ1n) is 6.25. The minimum absolute atomic E-state index is 0.0871. The number of rotatable bonds is 5. The molecule has 0 unspecified atom stereocenters. The number of carboxylic acid groups (broad SMARTS) is 2. The molecule has 0 aromatic rings. The van der Waals surface area contributed by atoms with Crippen molar-refractivity contribution in [3.05, 3.63) is 0 Å². The molecule has 134 valence electrons. The van der Waals surface area contributed by atoms with E-state index in [0.717, 1.165) is 0 Å². The number of carboxylic acids is 2. The number of aliphatic hydroxyl groups excluding tert-OH is 1. The van der Waals surface area contributed by atoms with E-state index in [-0.39, 0.29) is 4.90 Å². The third-order valence-electron chi connectivity index (χ3n) is 2.65. The van der Waals surface area contributed by atoms with Crippen LogP contribution in [0.2, 0.25) is 0 Å². The van der Waals surface area contributed by atoms with Gasteiger partial charge in [0.1, 0.15) is 17.6 Å². The lowest BCUT2D eigenvalue weighted by molar-refractivity contribution is -0.209. The number of aliphatic carboxylic acids is 2. The van der Waals surface area contributed by atoms with Crippen molar-refractivity contribution < 1.29 is 47.6 Å². The molecule has 0 aromatic heterocycles. The first kappa shape index (κ1) is 21.0. The molecule has 0 aromatic carbocycles. The largest absolute Gasteiger partial charge is 0.481 e. The average molecular weight is 345 g/mol. The van der Waals surface area contributed by atoms with Crippen LogP contribution in [-0.4, -0.2) is 69.2 Å². The summed E-state index contributed by atoms with van der Waals surface area (Å²) in [7, 11) is 0.608. The van der Waals surface area contributed by atoms with E-state index in [4.69, 9.17) is 14.9 Å². The van der Waals surface area contributed by atoms with Gasteiger partial charge in [0.15, 0.2) is 6.10 Å². The van der Waals surface area contributed by atoms with E-state index in [1.54, 1.807) is 0 Å². The van der Waals surface area contributed by atoms with Crippen LogP contribution in [0.4, 0.5) is 18.0 Å². The number of carbonyl (C=O) groups excluding carboxylic acids is 1. The number of hydrogen-bond donors (Lipinski definition) is 3. The predicted molar refractivity (Wildman–Crippen MR) is 68.6 cm³/mol. The molecule has 0 spiro atoms. The molecule has 0 saturated carbocycles. The van der Waals surface area contributed by atoms with Gasteiger partial charge in [-0.2, -0.15) is 13.2 Å². The lowest BCUT2D eigenvalue weighted by atomic mass is 9.92. The fraction of sp³-hybridized carbons (Fsp3) is 0.750. The first-order valence-corrected chi connectivity index (χ1v) is 6.25. The highest BCUT2D eigenvalue weighted by molar-refractivity contribution is 5.83. The van der Waals surface area contributed by atoms with Crippen LogP contribution >= 0.6 is 0 Å². The molecule has 0 bridgehead atoms. The lowest BCUT2D eigenvalue weighted by Crippen LogP contribution is -2.58. The third kappa shape index (κ3) is 5.93. The van der Waals surface area contributed by atoms with Crippen LogP contribution in [0.5, 0.6) is 0 Å². The highest BCUT2D eigenvalue weighted by Gasteiger charge is 2.56. The molecule has 0 aliphatic rings. The van der Waals surface area contributed by atoms with Crippen molar-refractivity contribution in [2.45, 2.75) is 44.7 Å². The van der Waals surface area contributed by atoms with E-state index in [1.165, 1.54) is 20.8 Å². The molecule has 3 atom stereocenters. The Morgan fingerprint density at radius 2 is 1.48 bits per heavy atom. The van der Waals surface area contributed by atoms with Crippen LogP contribution in [0.3, 0.4) is 0 Å². The fourth-order valence-electron chi connectivity index (χ4n) is 1.71. The summed E-state index contributed by atoms with van der Waals surface area (Å²) in [6.45, 7) is 4.13. The standard InChI is InChI=1S/C12H18F3NO7/c1-11(2,3)23-10(22)16(4)7(12(13,14)15)5(8(18)19)6(17)9(20)21/h5-7,17H,1-4H3,(H,18,19)(H,20,21)/t5-,6-,7+/m1/s1. The van der Waals surface area contributed by atoms with Crippen LogP contribution in [0.25, 0.3) is 0 Å². The number of aliphatic hydroxyl groups is 1. The molecule has 1 amide bonds. The Morgan fingerprint density at radius 3 is 1.74 bits per heavy atom. The van der Waals surface area contributed by atoms with Crippen LogP contribution in [0, 0.1) is 5.92 Å². The Balaban J connectivity index is 5.80. The number of alkyl halides is 3. The molecular formula is C12H18F3NO7. The predicted octanol–water partition coefficient (Wildman–Crippen LogP) is 0.931. The van der Waals surface area contributed by atoms with Crippen molar-refractivity contribution in [2.24, 2.45) is 5.92 Å². The molecule has 11 heteroatoms. The van der Waals surface area contributed by atoms with Crippen LogP contribution in [0.1, 0.15) is 20.8 Å². The van der Waals surface area contributed by atoms with E-state index in [0.29, 0.717) is 7.05 Å². The summed E-state index contributed by atoms with van der Waals surface area (Å²) >= 11 is 0. The molecule has 0 fully saturated rings. The second-order valence-electron chi connectivity index (χ2n) is 5.72. The molecule has 0 rings (SSSR count). The lowest BCUT2D eigenvalue weighted by Gasteiger charge is -2.35. The summed E-state index contributed by atoms with van der Waals surface area (Å²) in [5, 5.41) is 26.8. The zero-order chi connectivity index (χ0) is 18.7. The summed E-state index contributed by atoms with van der Waals surface area (Å²) in [6, 6.07) is -3.10. The Kier molecular flexibility index (Phi) is 6.40. The van der Waals surface area contributed by atoms with Gasteiger partial charge in [0.25, 0.3) is 0 Å². The summed E-state index contributed by atoms with van der Waals surface area (Å²) in [4.78, 5) is 33.4. The SMILES string of the molecule is CN(C(=O)OC(C)(C)C)[C@@H]([C@H](C(=O)O)[C@@H](O)C(=O)O)C(F)(F)F. The molecule has 8 nitrogen and oxygen atoms in total. The average Bonchev–Trinajstić information content (AvgIpc) is 2.29. The highest BCUT2D eigenvalue weighted by atomic mass is 19.4. The van der Waals surface area contributed by atoms with Gasteiger partial charge in [0, 0.05) is 7.05 Å². The van der Waals surface area contributed by atoms with Gasteiger partial charge >= 0.3 is 24.2 Å². The topological polar surface area (TPSA) is 124 Å². The number of hydrogen-bond acceptors (Lipinski definition) is 5. The van der Waals surface area contributed by atoms with Crippen molar-refractivity contribution in [2.75, 3.05) is 7.05 Å². The number of amides is 1. The van der Waals surface area contributed by atoms with E-state index in [2.05, 4.69) is 0 Å². The van der Waals surface area contributed by atoms with Crippen molar-refractivity contribution in [1.29, 1.82) is 0 Å². The normalized spacial score (nSPS) is 16.2. The van der Waals surface area contributed by atoms with Gasteiger partial charge in [-0.3, -0.25) is 9.69 Å². The van der Waals surface area contributed by atoms with Crippen molar-refractivity contribution in [3.63, 3.8) is 0 Å². The Hall–Kier alpha value is -2.04. The van der Waals surface area contributed by atoms with Crippen LogP contribution in [-0.2, 0) is 14.3 Å². The van der Waals surface area contributed by atoms with Crippen LogP contribution in [0.15, 0.2) is 0 Å². The number of nitrogens with zero attached hydrogens (tertiary/aromatic N) is 1. The second-order valence-corrected chi connectivity index (χ2v) is 5.72. The Morgan fingerprint density at radius 1 is 1.04 bits per heavy atom. The maximum absolute atomic E-state index is 13.2. The number of ether oxygens (including phenoxy) is 1. The van der Waals surface area contributed by atoms with E-state index >= 15 is 0 Å². The molecule has 0 aliphatic carbocycles. The molecule has 23 heavy (non-hydrogen) atoms. The van der Waals surface area contributed by atoms with E-state index < -0.39 is 47.9 Å². The summed E-state index contributed by atoms with van der Waals surface area (Å²) in [5.41, 5.74) is -1.16. The highest BCUT2D eigenvalue weighted by Crippen LogP contribution is 2.32. The second kappa shape index (κ2) is 7.02. The van der Waals surface area contributed by atoms with Crippen molar-refractivity contribution in [1.82, 2.24) is 4.90 Å².